The zero-order valence-electron chi connectivity index (χ0n) is 11.8. The first-order valence-electron chi connectivity index (χ1n) is 6.89. The first-order chi connectivity index (χ1) is 10.0. The molecule has 2 aromatic heterocycles. The van der Waals surface area contributed by atoms with Gasteiger partial charge in [-0.15, -0.1) is 11.3 Å². The van der Waals surface area contributed by atoms with E-state index in [1.165, 1.54) is 21.8 Å². The van der Waals surface area contributed by atoms with Gasteiger partial charge in [-0.2, -0.15) is 0 Å². The standard InChI is InChI=1S/C14H18ClN3OS2/c1-8-3-5-20-12(8)9-2-4-18(6-10(9)19)7-11-13(15)17-14(16)21-11/h3,5,9-10,19H,2,4,6-7H2,1H3,(H2,16,17)/t9-,10-/m1/s1. The zero-order valence-corrected chi connectivity index (χ0v) is 14.1. The van der Waals surface area contributed by atoms with Crippen molar-refractivity contribution in [3.63, 3.8) is 0 Å². The lowest BCUT2D eigenvalue weighted by atomic mass is 9.90. The van der Waals surface area contributed by atoms with Crippen molar-refractivity contribution in [1.29, 1.82) is 0 Å². The highest BCUT2D eigenvalue weighted by molar-refractivity contribution is 7.15. The Bertz CT molecular complexity index is 628. The topological polar surface area (TPSA) is 62.4 Å². The summed E-state index contributed by atoms with van der Waals surface area (Å²) in [6, 6.07) is 2.12. The SMILES string of the molecule is Cc1ccsc1[C@@H]1CCN(Cc2sc(N)nc2Cl)C[C@H]1O. The highest BCUT2D eigenvalue weighted by Gasteiger charge is 2.31. The summed E-state index contributed by atoms with van der Waals surface area (Å²) in [6.07, 6.45) is 0.633. The van der Waals surface area contributed by atoms with Crippen molar-refractivity contribution in [2.75, 3.05) is 18.8 Å². The van der Waals surface area contributed by atoms with Crippen LogP contribution in [-0.4, -0.2) is 34.2 Å². The fraction of sp³-hybridized carbons (Fsp3) is 0.500. The van der Waals surface area contributed by atoms with E-state index in [0.717, 1.165) is 17.8 Å². The summed E-state index contributed by atoms with van der Waals surface area (Å²) in [5, 5.41) is 13.6. The summed E-state index contributed by atoms with van der Waals surface area (Å²) in [6.45, 7) is 4.44. The molecule has 114 valence electrons. The van der Waals surface area contributed by atoms with Crippen molar-refractivity contribution in [2.45, 2.75) is 31.9 Å². The van der Waals surface area contributed by atoms with Gasteiger partial charge in [-0.25, -0.2) is 4.98 Å². The average molecular weight is 344 g/mol. The summed E-state index contributed by atoms with van der Waals surface area (Å²) >= 11 is 9.23. The molecular formula is C14H18ClN3OS2. The number of β-amino-alcohol motifs (C(OH)–C–C–N with tert-alkyl or cyclic N) is 1. The van der Waals surface area contributed by atoms with Crippen LogP contribution in [-0.2, 0) is 6.54 Å². The molecule has 0 unspecified atom stereocenters. The Morgan fingerprint density at radius 3 is 2.95 bits per heavy atom. The lowest BCUT2D eigenvalue weighted by Gasteiger charge is -2.35. The second-order valence-electron chi connectivity index (χ2n) is 5.43. The maximum atomic E-state index is 10.5. The number of thiophene rings is 1. The van der Waals surface area contributed by atoms with E-state index in [-0.39, 0.29) is 12.0 Å². The zero-order chi connectivity index (χ0) is 15.0. The van der Waals surface area contributed by atoms with E-state index in [9.17, 15) is 5.11 Å². The molecule has 0 spiro atoms. The Morgan fingerprint density at radius 2 is 2.38 bits per heavy atom. The molecule has 1 fully saturated rings. The van der Waals surface area contributed by atoms with Crippen LogP contribution in [0.2, 0.25) is 5.15 Å². The van der Waals surface area contributed by atoms with Gasteiger partial charge < -0.3 is 10.8 Å². The lowest BCUT2D eigenvalue weighted by molar-refractivity contribution is 0.0490. The second kappa shape index (κ2) is 6.22. The molecule has 1 aliphatic heterocycles. The lowest BCUT2D eigenvalue weighted by Crippen LogP contribution is -2.42. The number of nitrogen functional groups attached to an aromatic ring is 1. The third-order valence-electron chi connectivity index (χ3n) is 3.94. The molecule has 3 heterocycles. The van der Waals surface area contributed by atoms with Crippen LogP contribution < -0.4 is 5.73 Å². The Morgan fingerprint density at radius 1 is 1.57 bits per heavy atom. The van der Waals surface area contributed by atoms with Crippen molar-refractivity contribution >= 4 is 39.4 Å². The van der Waals surface area contributed by atoms with E-state index >= 15 is 0 Å². The van der Waals surface area contributed by atoms with Crippen molar-refractivity contribution in [1.82, 2.24) is 9.88 Å². The molecule has 0 aromatic carbocycles. The Hall–Kier alpha value is -0.660. The molecule has 3 N–H and O–H groups in total. The average Bonchev–Trinajstić information content (AvgIpc) is 2.96. The molecule has 0 amide bonds. The summed E-state index contributed by atoms with van der Waals surface area (Å²) in [5.41, 5.74) is 6.96. The summed E-state index contributed by atoms with van der Waals surface area (Å²) in [4.78, 5) is 8.56. The van der Waals surface area contributed by atoms with E-state index in [1.807, 2.05) is 0 Å². The van der Waals surface area contributed by atoms with Gasteiger partial charge in [0.15, 0.2) is 5.13 Å². The second-order valence-corrected chi connectivity index (χ2v) is 7.85. The molecule has 7 heteroatoms. The van der Waals surface area contributed by atoms with E-state index in [4.69, 9.17) is 17.3 Å². The molecule has 2 atom stereocenters. The first kappa shape index (κ1) is 15.2. The third kappa shape index (κ3) is 3.24. The number of thiazole rings is 1. The smallest absolute Gasteiger partial charge is 0.181 e. The first-order valence-corrected chi connectivity index (χ1v) is 8.97. The molecule has 4 nitrogen and oxygen atoms in total. The van der Waals surface area contributed by atoms with Gasteiger partial charge in [-0.3, -0.25) is 4.90 Å². The van der Waals surface area contributed by atoms with Crippen LogP contribution in [0.15, 0.2) is 11.4 Å². The molecule has 1 aliphatic rings. The quantitative estimate of drug-likeness (QED) is 0.899. The van der Waals surface area contributed by atoms with E-state index < -0.39 is 0 Å². The number of hydrogen-bond acceptors (Lipinski definition) is 6. The number of aryl methyl sites for hydroxylation is 1. The van der Waals surface area contributed by atoms with Gasteiger partial charge >= 0.3 is 0 Å². The third-order valence-corrected chi connectivity index (χ3v) is 6.38. The van der Waals surface area contributed by atoms with Crippen molar-refractivity contribution < 1.29 is 5.11 Å². The molecule has 0 radical (unpaired) electrons. The number of piperidine rings is 1. The predicted molar refractivity (Wildman–Crippen MR) is 89.2 cm³/mol. The number of anilines is 1. The minimum Gasteiger partial charge on any atom is -0.391 e. The number of halogens is 1. The fourth-order valence-electron chi connectivity index (χ4n) is 2.86. The van der Waals surface area contributed by atoms with Crippen molar-refractivity contribution in [2.24, 2.45) is 0 Å². The Labute approximate surface area is 137 Å². The molecule has 0 bridgehead atoms. The molecule has 1 saturated heterocycles. The highest BCUT2D eigenvalue weighted by Crippen LogP contribution is 2.35. The Kier molecular flexibility index (Phi) is 4.51. The molecule has 0 saturated carbocycles. The molecule has 0 aliphatic carbocycles. The van der Waals surface area contributed by atoms with Crippen molar-refractivity contribution in [3.8, 4) is 0 Å². The number of nitrogens with two attached hydrogens (primary N) is 1. The number of aliphatic hydroxyl groups is 1. The van der Waals surface area contributed by atoms with Gasteiger partial charge in [0.25, 0.3) is 0 Å². The predicted octanol–water partition coefficient (Wildman–Crippen LogP) is 3.10. The maximum absolute atomic E-state index is 10.5. The van der Waals surface area contributed by atoms with Gasteiger partial charge in [-0.05, 0) is 36.9 Å². The van der Waals surface area contributed by atoms with Gasteiger partial charge in [0.1, 0.15) is 5.15 Å². The van der Waals surface area contributed by atoms with Gasteiger partial charge in [0.05, 0.1) is 11.0 Å². The van der Waals surface area contributed by atoms with Crippen molar-refractivity contribution in [3.05, 3.63) is 31.9 Å². The monoisotopic (exact) mass is 343 g/mol. The van der Waals surface area contributed by atoms with Gasteiger partial charge in [-0.1, -0.05) is 22.9 Å². The highest BCUT2D eigenvalue weighted by atomic mass is 35.5. The summed E-state index contributed by atoms with van der Waals surface area (Å²) < 4.78 is 0. The largest absolute Gasteiger partial charge is 0.391 e. The summed E-state index contributed by atoms with van der Waals surface area (Å²) in [7, 11) is 0. The fourth-order valence-corrected chi connectivity index (χ4v) is 5.07. The molecule has 21 heavy (non-hydrogen) atoms. The number of nitrogens with zero attached hydrogens (tertiary/aromatic N) is 2. The molecule has 2 aromatic rings. The number of hydrogen-bond donors (Lipinski definition) is 2. The van der Waals surface area contributed by atoms with E-state index in [2.05, 4.69) is 28.3 Å². The van der Waals surface area contributed by atoms with Crippen LogP contribution >= 0.6 is 34.3 Å². The van der Waals surface area contributed by atoms with Crippen LogP contribution in [0.5, 0.6) is 0 Å². The minimum atomic E-state index is -0.333. The van der Waals surface area contributed by atoms with Gasteiger partial charge in [0, 0.05) is 23.9 Å². The van der Waals surface area contributed by atoms with Crippen LogP contribution in [0.1, 0.15) is 27.7 Å². The van der Waals surface area contributed by atoms with E-state index in [0.29, 0.717) is 23.4 Å². The van der Waals surface area contributed by atoms with Gasteiger partial charge in [0.2, 0.25) is 0 Å². The normalized spacial score (nSPS) is 23.6. The maximum Gasteiger partial charge on any atom is 0.181 e. The number of likely N-dealkylation sites (tertiary alicyclic amines) is 1. The van der Waals surface area contributed by atoms with E-state index in [1.54, 1.807) is 11.3 Å². The van der Waals surface area contributed by atoms with Crippen LogP contribution in [0, 0.1) is 6.92 Å². The molecular weight excluding hydrogens is 326 g/mol. The Balaban J connectivity index is 1.66. The van der Waals surface area contributed by atoms with Crippen LogP contribution in [0.4, 0.5) is 5.13 Å². The van der Waals surface area contributed by atoms with Crippen LogP contribution in [0.25, 0.3) is 0 Å². The summed E-state index contributed by atoms with van der Waals surface area (Å²) in [5.74, 6) is 0.253. The number of rotatable bonds is 3. The minimum absolute atomic E-state index is 0.253. The van der Waals surface area contributed by atoms with Crippen LogP contribution in [0.3, 0.4) is 0 Å². The number of aromatic nitrogens is 1. The number of aliphatic hydroxyl groups excluding tert-OH is 1. The molecule has 3 rings (SSSR count).